The van der Waals surface area contributed by atoms with E-state index in [1.165, 1.54) is 0 Å². The number of amides is 1. The van der Waals surface area contributed by atoms with Gasteiger partial charge in [0.2, 0.25) is 5.91 Å². The number of carbonyl (C=O) groups excluding carboxylic acids is 1. The second-order valence-electron chi connectivity index (χ2n) is 7.42. The summed E-state index contributed by atoms with van der Waals surface area (Å²) in [5.74, 6) is 1.58. The number of ether oxygens (including phenoxy) is 2. The average molecular weight is 396 g/mol. The van der Waals surface area contributed by atoms with Crippen LogP contribution < -0.4 is 9.47 Å². The first-order valence-corrected chi connectivity index (χ1v) is 9.79. The molecule has 1 aliphatic rings. The van der Waals surface area contributed by atoms with Crippen molar-refractivity contribution in [1.82, 2.24) is 4.90 Å². The van der Waals surface area contributed by atoms with Crippen molar-refractivity contribution in [2.75, 3.05) is 20.8 Å². The first-order chi connectivity index (χ1) is 14.0. The molecule has 3 rings (SSSR count). The molecule has 0 aliphatic carbocycles. The highest BCUT2D eigenvalue weighted by Crippen LogP contribution is 2.22. The zero-order valence-electron chi connectivity index (χ0n) is 17.4. The predicted molar refractivity (Wildman–Crippen MR) is 112 cm³/mol. The topological polar surface area (TPSA) is 60.4 Å². The highest BCUT2D eigenvalue weighted by Gasteiger charge is 2.28. The number of carbonyl (C=O) groups is 1. The van der Waals surface area contributed by atoms with Gasteiger partial charge in [-0.05, 0) is 47.5 Å². The smallest absolute Gasteiger partial charge is 0.225 e. The van der Waals surface area contributed by atoms with Crippen LogP contribution in [0.3, 0.4) is 0 Å². The second kappa shape index (κ2) is 9.45. The molecule has 0 spiro atoms. The van der Waals surface area contributed by atoms with E-state index in [0.717, 1.165) is 28.3 Å². The van der Waals surface area contributed by atoms with Crippen LogP contribution in [0.2, 0.25) is 0 Å². The van der Waals surface area contributed by atoms with Gasteiger partial charge >= 0.3 is 0 Å². The fraction of sp³-hybridized carbons (Fsp3) is 0.391. The van der Waals surface area contributed by atoms with Gasteiger partial charge in [-0.3, -0.25) is 4.79 Å². The van der Waals surface area contributed by atoms with Gasteiger partial charge in [-0.1, -0.05) is 31.1 Å². The van der Waals surface area contributed by atoms with E-state index in [1.807, 2.05) is 67.3 Å². The minimum absolute atomic E-state index is 0.0920. The van der Waals surface area contributed by atoms with E-state index in [4.69, 9.17) is 14.3 Å². The molecule has 1 atom stereocenters. The lowest BCUT2D eigenvalue weighted by Gasteiger charge is -2.26. The Bertz CT molecular complexity index is 861. The maximum Gasteiger partial charge on any atom is 0.225 e. The molecule has 29 heavy (non-hydrogen) atoms. The van der Waals surface area contributed by atoms with E-state index in [0.29, 0.717) is 19.5 Å². The van der Waals surface area contributed by atoms with Gasteiger partial charge in [0, 0.05) is 18.9 Å². The SMILES string of the molecule is COc1ccc(C2=NOC(CN(Cc3cccc(OC)c3)C(=O)C(C)C)C2)cc1. The summed E-state index contributed by atoms with van der Waals surface area (Å²) < 4.78 is 10.5. The van der Waals surface area contributed by atoms with Crippen molar-refractivity contribution in [3.05, 3.63) is 59.7 Å². The summed E-state index contributed by atoms with van der Waals surface area (Å²) in [4.78, 5) is 20.3. The Morgan fingerprint density at radius 3 is 2.52 bits per heavy atom. The molecule has 2 aromatic rings. The number of oxime groups is 1. The van der Waals surface area contributed by atoms with Crippen molar-refractivity contribution in [3.8, 4) is 11.5 Å². The third-order valence-corrected chi connectivity index (χ3v) is 4.89. The highest BCUT2D eigenvalue weighted by atomic mass is 16.6. The number of hydrogen-bond donors (Lipinski definition) is 0. The van der Waals surface area contributed by atoms with Crippen LogP contribution in [0.4, 0.5) is 0 Å². The maximum atomic E-state index is 12.8. The quantitative estimate of drug-likeness (QED) is 0.679. The standard InChI is InChI=1S/C23H28N2O4/c1-16(2)23(26)25(14-17-6-5-7-20(12-17)28-4)15-21-13-22(24-29-21)18-8-10-19(27-3)11-9-18/h5-12,16,21H,13-15H2,1-4H3. The monoisotopic (exact) mass is 396 g/mol. The largest absolute Gasteiger partial charge is 0.497 e. The third kappa shape index (κ3) is 5.28. The van der Waals surface area contributed by atoms with Crippen LogP contribution in [0.25, 0.3) is 0 Å². The molecule has 0 saturated carbocycles. The highest BCUT2D eigenvalue weighted by molar-refractivity contribution is 6.01. The lowest BCUT2D eigenvalue weighted by Crippen LogP contribution is -2.39. The zero-order valence-corrected chi connectivity index (χ0v) is 17.4. The Morgan fingerprint density at radius 2 is 1.86 bits per heavy atom. The summed E-state index contributed by atoms with van der Waals surface area (Å²) in [5.41, 5.74) is 2.91. The lowest BCUT2D eigenvalue weighted by molar-refractivity contribution is -0.136. The van der Waals surface area contributed by atoms with Gasteiger partial charge in [0.1, 0.15) is 11.5 Å². The van der Waals surface area contributed by atoms with Gasteiger partial charge in [0.25, 0.3) is 0 Å². The first-order valence-electron chi connectivity index (χ1n) is 9.79. The Balaban J connectivity index is 1.67. The van der Waals surface area contributed by atoms with Gasteiger partial charge in [0.05, 0.1) is 26.5 Å². The molecule has 1 unspecified atom stereocenters. The Hall–Kier alpha value is -3.02. The van der Waals surface area contributed by atoms with Crippen molar-refractivity contribution in [1.29, 1.82) is 0 Å². The summed E-state index contributed by atoms with van der Waals surface area (Å²) in [6.07, 6.45) is 0.493. The zero-order chi connectivity index (χ0) is 20.8. The first kappa shape index (κ1) is 20.7. The Labute approximate surface area is 172 Å². The number of benzene rings is 2. The molecular weight excluding hydrogens is 368 g/mol. The van der Waals surface area contributed by atoms with Crippen molar-refractivity contribution in [2.24, 2.45) is 11.1 Å². The molecular formula is C23H28N2O4. The average Bonchev–Trinajstić information content (AvgIpc) is 3.21. The Kier molecular flexibility index (Phi) is 6.75. The molecule has 0 N–H and O–H groups in total. The fourth-order valence-electron chi connectivity index (χ4n) is 3.31. The van der Waals surface area contributed by atoms with Gasteiger partial charge in [-0.25, -0.2) is 0 Å². The van der Waals surface area contributed by atoms with Crippen LogP contribution in [0.15, 0.2) is 53.7 Å². The molecule has 1 heterocycles. The van der Waals surface area contributed by atoms with Crippen LogP contribution in [0.1, 0.15) is 31.4 Å². The summed E-state index contributed by atoms with van der Waals surface area (Å²) in [5, 5.41) is 4.25. The normalized spacial score (nSPS) is 15.6. The van der Waals surface area contributed by atoms with Crippen molar-refractivity contribution in [2.45, 2.75) is 32.9 Å². The van der Waals surface area contributed by atoms with E-state index in [-0.39, 0.29) is 17.9 Å². The van der Waals surface area contributed by atoms with E-state index in [9.17, 15) is 4.79 Å². The van der Waals surface area contributed by atoms with Gasteiger partial charge < -0.3 is 19.2 Å². The molecule has 6 heteroatoms. The predicted octanol–water partition coefficient (Wildman–Crippen LogP) is 3.88. The van der Waals surface area contributed by atoms with E-state index >= 15 is 0 Å². The van der Waals surface area contributed by atoms with Crippen LogP contribution >= 0.6 is 0 Å². The number of rotatable bonds is 8. The molecule has 0 fully saturated rings. The number of nitrogens with zero attached hydrogens (tertiary/aromatic N) is 2. The summed E-state index contributed by atoms with van der Waals surface area (Å²) in [6.45, 7) is 4.81. The van der Waals surface area contributed by atoms with Crippen molar-refractivity contribution >= 4 is 11.6 Å². The Morgan fingerprint density at radius 1 is 1.14 bits per heavy atom. The minimum Gasteiger partial charge on any atom is -0.497 e. The molecule has 0 saturated heterocycles. The maximum absolute atomic E-state index is 12.8. The summed E-state index contributed by atoms with van der Waals surface area (Å²) in [7, 11) is 3.28. The molecule has 0 aromatic heterocycles. The van der Waals surface area contributed by atoms with Gasteiger partial charge in [-0.15, -0.1) is 0 Å². The molecule has 2 aromatic carbocycles. The van der Waals surface area contributed by atoms with Crippen molar-refractivity contribution in [3.63, 3.8) is 0 Å². The summed E-state index contributed by atoms with van der Waals surface area (Å²) in [6, 6.07) is 15.5. The van der Waals surface area contributed by atoms with Crippen molar-refractivity contribution < 1.29 is 19.1 Å². The summed E-state index contributed by atoms with van der Waals surface area (Å²) >= 11 is 0. The lowest BCUT2D eigenvalue weighted by atomic mass is 10.0. The van der Waals surface area contributed by atoms with E-state index < -0.39 is 0 Å². The molecule has 0 radical (unpaired) electrons. The van der Waals surface area contributed by atoms with Crippen LogP contribution in [0, 0.1) is 5.92 Å². The van der Waals surface area contributed by atoms with Crippen LogP contribution in [0.5, 0.6) is 11.5 Å². The molecule has 6 nitrogen and oxygen atoms in total. The molecule has 154 valence electrons. The number of hydrogen-bond acceptors (Lipinski definition) is 5. The fourth-order valence-corrected chi connectivity index (χ4v) is 3.31. The molecule has 1 amide bonds. The van der Waals surface area contributed by atoms with Crippen LogP contribution in [-0.4, -0.2) is 43.4 Å². The number of methoxy groups -OCH3 is 2. The van der Waals surface area contributed by atoms with Crippen LogP contribution in [-0.2, 0) is 16.2 Å². The second-order valence-corrected chi connectivity index (χ2v) is 7.42. The van der Waals surface area contributed by atoms with E-state index in [1.54, 1.807) is 14.2 Å². The van der Waals surface area contributed by atoms with Gasteiger partial charge in [-0.2, -0.15) is 0 Å². The van der Waals surface area contributed by atoms with E-state index in [2.05, 4.69) is 5.16 Å². The third-order valence-electron chi connectivity index (χ3n) is 4.89. The van der Waals surface area contributed by atoms with Gasteiger partial charge in [0.15, 0.2) is 6.10 Å². The minimum atomic E-state index is -0.166. The molecule has 0 bridgehead atoms. The molecule has 1 aliphatic heterocycles.